The van der Waals surface area contributed by atoms with Crippen LogP contribution in [0.5, 0.6) is 5.75 Å². The summed E-state index contributed by atoms with van der Waals surface area (Å²) in [4.78, 5) is 21.0. The molecule has 1 heterocycles. The van der Waals surface area contributed by atoms with Crippen molar-refractivity contribution in [3.05, 3.63) is 65.7 Å². The third-order valence-corrected chi connectivity index (χ3v) is 9.44. The highest BCUT2D eigenvalue weighted by Crippen LogP contribution is 2.50. The van der Waals surface area contributed by atoms with Gasteiger partial charge in [0.15, 0.2) is 0 Å². The Bertz CT molecular complexity index is 1010. The Morgan fingerprint density at radius 3 is 2.17 bits per heavy atom. The third-order valence-electron chi connectivity index (χ3n) is 9.44. The Morgan fingerprint density at radius 1 is 0.944 bits per heavy atom. The van der Waals surface area contributed by atoms with E-state index in [4.69, 9.17) is 4.74 Å². The van der Waals surface area contributed by atoms with E-state index in [0.29, 0.717) is 12.5 Å². The molecule has 194 valence electrons. The molecule has 0 radical (unpaired) electrons. The zero-order chi connectivity index (χ0) is 25.2. The zero-order valence-corrected chi connectivity index (χ0v) is 22.4. The maximum Gasteiger partial charge on any atom is 0.320 e. The lowest BCUT2D eigenvalue weighted by molar-refractivity contribution is -0.00323. The molecule has 0 atom stereocenters. The minimum absolute atomic E-state index is 0.0510. The van der Waals surface area contributed by atoms with Crippen molar-refractivity contribution in [1.82, 2.24) is 14.7 Å². The Morgan fingerprint density at radius 2 is 1.61 bits per heavy atom. The number of hydrogen-bond donors (Lipinski definition) is 0. The van der Waals surface area contributed by atoms with Gasteiger partial charge in [0.05, 0.1) is 12.6 Å². The molecule has 5 heteroatoms. The second-order valence-electron chi connectivity index (χ2n) is 11.2. The largest absolute Gasteiger partial charge is 0.497 e. The van der Waals surface area contributed by atoms with E-state index in [9.17, 15) is 4.79 Å². The van der Waals surface area contributed by atoms with E-state index >= 15 is 0 Å². The molecule has 3 fully saturated rings. The lowest BCUT2D eigenvalue weighted by Crippen LogP contribution is -2.57. The maximum atomic E-state index is 13.9. The van der Waals surface area contributed by atoms with Crippen LogP contribution in [0.3, 0.4) is 0 Å². The Kier molecular flexibility index (Phi) is 7.30. The fourth-order valence-corrected chi connectivity index (χ4v) is 7.08. The normalized spacial score (nSPS) is 26.6. The predicted molar refractivity (Wildman–Crippen MR) is 145 cm³/mol. The molecule has 36 heavy (non-hydrogen) atoms. The number of methoxy groups -OCH3 is 1. The van der Waals surface area contributed by atoms with Crippen LogP contribution in [-0.2, 0) is 12.1 Å². The summed E-state index contributed by atoms with van der Waals surface area (Å²) in [6.07, 6.45) is 8.19. The lowest BCUT2D eigenvalue weighted by atomic mass is 9.67. The molecule has 1 aliphatic heterocycles. The molecule has 2 amide bonds. The van der Waals surface area contributed by atoms with Gasteiger partial charge < -0.3 is 14.5 Å². The standard InChI is InChI=1S/C31H43N3O2/c1-4-33(5-2)31(27-12-7-6-8-13-27)20-18-30(19-21-31)24-32(22-26-14-16-28(36-3)17-15-26)29(35)34(30)23-25-10-9-11-25/h6-8,12-17,25H,4-5,9-11,18-24H2,1-3H3. The number of ether oxygens (including phenoxy) is 1. The van der Waals surface area contributed by atoms with Crippen LogP contribution in [-0.4, -0.2) is 59.6 Å². The van der Waals surface area contributed by atoms with Gasteiger partial charge in [-0.05, 0) is 80.8 Å². The monoisotopic (exact) mass is 489 g/mol. The molecule has 0 unspecified atom stereocenters. The molecule has 5 nitrogen and oxygen atoms in total. The van der Waals surface area contributed by atoms with E-state index in [1.807, 2.05) is 12.1 Å². The van der Waals surface area contributed by atoms with Gasteiger partial charge in [-0.3, -0.25) is 4.90 Å². The number of carbonyl (C=O) groups excluding carboxylic acids is 1. The molecule has 1 saturated heterocycles. The van der Waals surface area contributed by atoms with Crippen LogP contribution in [0.25, 0.3) is 0 Å². The van der Waals surface area contributed by atoms with Crippen molar-refractivity contribution in [1.29, 1.82) is 0 Å². The van der Waals surface area contributed by atoms with Crippen molar-refractivity contribution in [2.24, 2.45) is 5.92 Å². The summed E-state index contributed by atoms with van der Waals surface area (Å²) in [6, 6.07) is 19.5. The van der Waals surface area contributed by atoms with E-state index in [-0.39, 0.29) is 17.1 Å². The molecule has 0 aromatic heterocycles. The van der Waals surface area contributed by atoms with Crippen molar-refractivity contribution in [2.45, 2.75) is 76.4 Å². The fourth-order valence-electron chi connectivity index (χ4n) is 7.08. The molecule has 2 aliphatic carbocycles. The summed E-state index contributed by atoms with van der Waals surface area (Å²) in [7, 11) is 1.69. The highest BCUT2D eigenvalue weighted by atomic mass is 16.5. The van der Waals surface area contributed by atoms with E-state index in [1.165, 1.54) is 30.4 Å². The zero-order valence-electron chi connectivity index (χ0n) is 22.4. The molecular weight excluding hydrogens is 446 g/mol. The quantitative estimate of drug-likeness (QED) is 0.416. The van der Waals surface area contributed by atoms with Crippen LogP contribution in [0.2, 0.25) is 0 Å². The van der Waals surface area contributed by atoms with Crippen LogP contribution >= 0.6 is 0 Å². The van der Waals surface area contributed by atoms with Gasteiger partial charge in [0.2, 0.25) is 0 Å². The highest BCUT2D eigenvalue weighted by Gasteiger charge is 2.55. The number of nitrogens with zero attached hydrogens (tertiary/aromatic N) is 3. The summed E-state index contributed by atoms with van der Waals surface area (Å²) in [5, 5.41) is 0. The average Bonchev–Trinajstić information content (AvgIpc) is 3.14. The highest BCUT2D eigenvalue weighted by molar-refractivity contribution is 5.78. The Labute approximate surface area is 217 Å². The van der Waals surface area contributed by atoms with Gasteiger partial charge >= 0.3 is 6.03 Å². The van der Waals surface area contributed by atoms with Crippen LogP contribution in [0, 0.1) is 5.92 Å². The summed E-state index contributed by atoms with van der Waals surface area (Å²) in [5.41, 5.74) is 2.62. The van der Waals surface area contributed by atoms with Crippen LogP contribution in [0.4, 0.5) is 4.79 Å². The van der Waals surface area contributed by atoms with E-state index < -0.39 is 0 Å². The second kappa shape index (κ2) is 10.5. The number of benzene rings is 2. The van der Waals surface area contributed by atoms with Gasteiger partial charge in [0.1, 0.15) is 5.75 Å². The van der Waals surface area contributed by atoms with Gasteiger partial charge in [0, 0.05) is 25.2 Å². The summed E-state index contributed by atoms with van der Waals surface area (Å²) in [6.45, 7) is 9.12. The first kappa shape index (κ1) is 25.1. The van der Waals surface area contributed by atoms with E-state index in [1.54, 1.807) is 7.11 Å². The minimum Gasteiger partial charge on any atom is -0.497 e. The summed E-state index contributed by atoms with van der Waals surface area (Å²) in [5.74, 6) is 1.53. The molecule has 3 aliphatic rings. The van der Waals surface area contributed by atoms with Gasteiger partial charge in [-0.2, -0.15) is 0 Å². The Hall–Kier alpha value is -2.53. The minimum atomic E-state index is -0.0510. The first-order valence-corrected chi connectivity index (χ1v) is 14.0. The van der Waals surface area contributed by atoms with Crippen LogP contribution in [0.15, 0.2) is 54.6 Å². The number of urea groups is 1. The van der Waals surface area contributed by atoms with Crippen molar-refractivity contribution in [3.63, 3.8) is 0 Å². The van der Waals surface area contributed by atoms with Crippen LogP contribution < -0.4 is 4.74 Å². The van der Waals surface area contributed by atoms with Gasteiger partial charge in [-0.15, -0.1) is 0 Å². The second-order valence-corrected chi connectivity index (χ2v) is 11.2. The summed E-state index contributed by atoms with van der Waals surface area (Å²) >= 11 is 0. The fraction of sp³-hybridized carbons (Fsp3) is 0.581. The van der Waals surface area contributed by atoms with E-state index in [0.717, 1.165) is 57.6 Å². The maximum absolute atomic E-state index is 13.9. The molecular formula is C31H43N3O2. The molecule has 2 saturated carbocycles. The van der Waals surface area contributed by atoms with Crippen molar-refractivity contribution < 1.29 is 9.53 Å². The molecule has 2 aromatic rings. The SMILES string of the molecule is CCN(CC)C1(c2ccccc2)CCC2(CC1)CN(Cc1ccc(OC)cc1)C(=O)N2CC1CCC1. The van der Waals surface area contributed by atoms with Gasteiger partial charge in [0.25, 0.3) is 0 Å². The molecule has 2 aromatic carbocycles. The smallest absolute Gasteiger partial charge is 0.320 e. The first-order valence-electron chi connectivity index (χ1n) is 14.0. The van der Waals surface area contributed by atoms with Crippen molar-refractivity contribution in [3.8, 4) is 5.75 Å². The average molecular weight is 490 g/mol. The number of rotatable bonds is 9. The molecule has 0 bridgehead atoms. The molecule has 1 spiro atoms. The third kappa shape index (κ3) is 4.51. The lowest BCUT2D eigenvalue weighted by Gasteiger charge is -2.53. The number of amides is 2. The van der Waals surface area contributed by atoms with Crippen LogP contribution in [0.1, 0.15) is 69.9 Å². The topological polar surface area (TPSA) is 36.0 Å². The first-order chi connectivity index (χ1) is 17.5. The number of hydrogen-bond acceptors (Lipinski definition) is 3. The van der Waals surface area contributed by atoms with E-state index in [2.05, 4.69) is 71.0 Å². The summed E-state index contributed by atoms with van der Waals surface area (Å²) < 4.78 is 5.33. The predicted octanol–water partition coefficient (Wildman–Crippen LogP) is 6.28. The van der Waals surface area contributed by atoms with Gasteiger partial charge in [-0.1, -0.05) is 62.7 Å². The van der Waals surface area contributed by atoms with Gasteiger partial charge in [-0.25, -0.2) is 4.79 Å². The van der Waals surface area contributed by atoms with Crippen molar-refractivity contribution in [2.75, 3.05) is 33.3 Å². The molecule has 5 rings (SSSR count). The van der Waals surface area contributed by atoms with Crippen molar-refractivity contribution >= 4 is 6.03 Å². The Balaban J connectivity index is 1.40. The molecule has 0 N–H and O–H groups in total. The number of carbonyl (C=O) groups is 1.